The fourth-order valence-corrected chi connectivity index (χ4v) is 5.16. The molecule has 0 rings (SSSR count). The summed E-state index contributed by atoms with van der Waals surface area (Å²) in [5.41, 5.74) is 0. The van der Waals surface area contributed by atoms with Crippen molar-refractivity contribution in [2.75, 3.05) is 13.2 Å². The molecule has 0 amide bonds. The second-order valence-corrected chi connectivity index (χ2v) is 9.99. The summed E-state index contributed by atoms with van der Waals surface area (Å²) in [6, 6.07) is 0. The molecule has 16 heavy (non-hydrogen) atoms. The van der Waals surface area contributed by atoms with Gasteiger partial charge in [0.05, 0.1) is 6.61 Å². The van der Waals surface area contributed by atoms with Gasteiger partial charge in [0.15, 0.2) is 0 Å². The van der Waals surface area contributed by atoms with Crippen LogP contribution in [0.3, 0.4) is 0 Å². The van der Waals surface area contributed by atoms with E-state index in [1.165, 1.54) is 0 Å². The van der Waals surface area contributed by atoms with Crippen LogP contribution in [0.2, 0.25) is 0 Å². The molecule has 0 bridgehead atoms. The molecule has 0 aromatic rings. The number of halogens is 3. The Hall–Kier alpha value is 1.37. The Kier molecular flexibility index (Phi) is 8.39. The first-order valence-electron chi connectivity index (χ1n) is 4.86. The Labute approximate surface area is 116 Å². The minimum atomic E-state index is -3.23. The smallest absolute Gasteiger partial charge is 0.301 e. The molecule has 0 heterocycles. The number of hydrogen-bond acceptors (Lipinski definition) is 4. The van der Waals surface area contributed by atoms with Crippen LogP contribution in [0.25, 0.3) is 0 Å². The molecule has 0 saturated heterocycles. The maximum Gasteiger partial charge on any atom is 0.389 e. The van der Waals surface area contributed by atoms with Crippen molar-refractivity contribution in [3.63, 3.8) is 0 Å². The topological polar surface area (TPSA) is 35.5 Å². The highest BCUT2D eigenvalue weighted by Gasteiger charge is 2.32. The lowest BCUT2D eigenvalue weighted by atomic mass is 10.4. The van der Waals surface area contributed by atoms with Crippen LogP contribution >= 0.6 is 53.0 Å². The van der Waals surface area contributed by atoms with Crippen molar-refractivity contribution in [2.45, 2.75) is 36.2 Å². The maximum absolute atomic E-state index is 12.2. The van der Waals surface area contributed by atoms with E-state index in [4.69, 9.17) is 43.9 Å². The van der Waals surface area contributed by atoms with Crippen LogP contribution in [-0.4, -0.2) is 22.3 Å². The third-order valence-electron chi connectivity index (χ3n) is 1.56. The SMILES string of the molecule is CCOP(=O)(OCC(Cl)(Cl)Cl)SC(C)CC. The van der Waals surface area contributed by atoms with Crippen molar-refractivity contribution in [3.05, 3.63) is 0 Å². The van der Waals surface area contributed by atoms with E-state index in [0.717, 1.165) is 17.8 Å². The van der Waals surface area contributed by atoms with Gasteiger partial charge < -0.3 is 4.52 Å². The lowest BCUT2D eigenvalue weighted by molar-refractivity contribution is 0.231. The predicted molar refractivity (Wildman–Crippen MR) is 72.8 cm³/mol. The van der Waals surface area contributed by atoms with Crippen molar-refractivity contribution in [1.29, 1.82) is 0 Å². The van der Waals surface area contributed by atoms with Gasteiger partial charge in [-0.15, -0.1) is 0 Å². The lowest BCUT2D eigenvalue weighted by Crippen LogP contribution is -2.12. The Morgan fingerprint density at radius 1 is 1.31 bits per heavy atom. The van der Waals surface area contributed by atoms with E-state index in [0.29, 0.717) is 6.61 Å². The molecule has 0 saturated carbocycles. The Balaban J connectivity index is 4.39. The fourth-order valence-electron chi connectivity index (χ4n) is 0.703. The van der Waals surface area contributed by atoms with Crippen molar-refractivity contribution in [1.82, 2.24) is 0 Å². The minimum Gasteiger partial charge on any atom is -0.301 e. The fraction of sp³-hybridized carbons (Fsp3) is 1.00. The predicted octanol–water partition coefficient (Wildman–Crippen LogP) is 5.05. The van der Waals surface area contributed by atoms with Crippen LogP contribution in [-0.2, 0) is 13.6 Å². The summed E-state index contributed by atoms with van der Waals surface area (Å²) >= 11 is 17.7. The average Bonchev–Trinajstić information content (AvgIpc) is 2.14. The number of hydrogen-bond donors (Lipinski definition) is 0. The van der Waals surface area contributed by atoms with Crippen LogP contribution in [0.4, 0.5) is 0 Å². The molecule has 0 aromatic carbocycles. The molecule has 2 unspecified atom stereocenters. The molecule has 0 radical (unpaired) electrons. The Morgan fingerprint density at radius 3 is 2.25 bits per heavy atom. The monoisotopic (exact) mass is 328 g/mol. The van der Waals surface area contributed by atoms with Crippen molar-refractivity contribution >= 4 is 53.0 Å². The third-order valence-corrected chi connectivity index (χ3v) is 6.34. The van der Waals surface area contributed by atoms with Gasteiger partial charge in [0, 0.05) is 5.25 Å². The molecule has 0 aliphatic carbocycles. The molecule has 2 atom stereocenters. The summed E-state index contributed by atoms with van der Waals surface area (Å²) in [6.07, 6.45) is 0.860. The van der Waals surface area contributed by atoms with Crippen LogP contribution < -0.4 is 0 Å². The van der Waals surface area contributed by atoms with Crippen molar-refractivity contribution in [3.8, 4) is 0 Å². The van der Waals surface area contributed by atoms with Gasteiger partial charge in [-0.05, 0) is 24.7 Å². The molecule has 8 heteroatoms. The second kappa shape index (κ2) is 7.73. The summed E-state index contributed by atoms with van der Waals surface area (Å²) < 4.78 is 20.8. The van der Waals surface area contributed by atoms with Gasteiger partial charge in [-0.2, -0.15) is 0 Å². The van der Waals surface area contributed by atoms with Gasteiger partial charge in [0.25, 0.3) is 0 Å². The molecular weight excluding hydrogens is 313 g/mol. The van der Waals surface area contributed by atoms with E-state index in [2.05, 4.69) is 0 Å². The standard InChI is InChI=1S/C8H16Cl3O3PS/c1-4-7(3)16-15(12,13-5-2)14-6-8(9,10)11/h7H,4-6H2,1-3H3. The van der Waals surface area contributed by atoms with E-state index in [1.54, 1.807) is 6.92 Å². The van der Waals surface area contributed by atoms with E-state index < -0.39 is 10.6 Å². The summed E-state index contributed by atoms with van der Waals surface area (Å²) in [4.78, 5) is 0. The van der Waals surface area contributed by atoms with E-state index in [9.17, 15) is 4.57 Å². The minimum absolute atomic E-state index is 0.160. The lowest BCUT2D eigenvalue weighted by Gasteiger charge is -2.21. The quantitative estimate of drug-likeness (QED) is 0.483. The highest BCUT2D eigenvalue weighted by Crippen LogP contribution is 2.63. The first-order chi connectivity index (χ1) is 7.22. The van der Waals surface area contributed by atoms with Gasteiger partial charge >= 0.3 is 6.80 Å². The summed E-state index contributed by atoms with van der Waals surface area (Å²) in [7, 11) is 0. The van der Waals surface area contributed by atoms with Gasteiger partial charge in [-0.1, -0.05) is 48.7 Å². The highest BCUT2D eigenvalue weighted by atomic mass is 35.6. The second-order valence-electron chi connectivity index (χ2n) is 3.08. The van der Waals surface area contributed by atoms with E-state index in [-0.39, 0.29) is 11.9 Å². The van der Waals surface area contributed by atoms with Crippen molar-refractivity contribution < 1.29 is 13.6 Å². The van der Waals surface area contributed by atoms with E-state index >= 15 is 0 Å². The Morgan fingerprint density at radius 2 is 1.88 bits per heavy atom. The van der Waals surface area contributed by atoms with Crippen LogP contribution in [0.15, 0.2) is 0 Å². The van der Waals surface area contributed by atoms with Gasteiger partial charge in [-0.3, -0.25) is 4.52 Å². The van der Waals surface area contributed by atoms with E-state index in [1.807, 2.05) is 13.8 Å². The third kappa shape index (κ3) is 8.46. The summed E-state index contributed by atoms with van der Waals surface area (Å²) in [5.74, 6) is 0. The molecule has 98 valence electrons. The van der Waals surface area contributed by atoms with Gasteiger partial charge in [0.1, 0.15) is 6.61 Å². The molecule has 0 fully saturated rings. The summed E-state index contributed by atoms with van der Waals surface area (Å²) in [5, 5.41) is 0.160. The molecule has 0 N–H and O–H groups in total. The van der Waals surface area contributed by atoms with Crippen LogP contribution in [0, 0.1) is 0 Å². The molecule has 0 aliphatic rings. The summed E-state index contributed by atoms with van der Waals surface area (Å²) in [6.45, 7) is 2.48. The first-order valence-corrected chi connectivity index (χ1v) is 9.02. The number of alkyl halides is 3. The van der Waals surface area contributed by atoms with Gasteiger partial charge in [0.2, 0.25) is 3.79 Å². The largest absolute Gasteiger partial charge is 0.389 e. The molecular formula is C8H16Cl3O3PS. The van der Waals surface area contributed by atoms with Gasteiger partial charge in [-0.25, -0.2) is 4.57 Å². The van der Waals surface area contributed by atoms with Crippen LogP contribution in [0.5, 0.6) is 0 Å². The Bertz CT molecular complexity index is 247. The zero-order valence-electron chi connectivity index (χ0n) is 9.41. The average molecular weight is 330 g/mol. The van der Waals surface area contributed by atoms with Crippen LogP contribution in [0.1, 0.15) is 27.2 Å². The molecule has 0 spiro atoms. The number of rotatable bonds is 7. The molecule has 0 aromatic heterocycles. The maximum atomic E-state index is 12.2. The van der Waals surface area contributed by atoms with Crippen molar-refractivity contribution in [2.24, 2.45) is 0 Å². The first kappa shape index (κ1) is 17.4. The highest BCUT2D eigenvalue weighted by molar-refractivity contribution is 8.55. The zero-order chi connectivity index (χ0) is 12.8. The normalized spacial score (nSPS) is 18.1. The zero-order valence-corrected chi connectivity index (χ0v) is 13.4. The molecule has 0 aliphatic heterocycles. The molecule has 3 nitrogen and oxygen atoms in total.